The van der Waals surface area contributed by atoms with Crippen molar-refractivity contribution in [3.63, 3.8) is 0 Å². The zero-order chi connectivity index (χ0) is 15.3. The third-order valence-electron chi connectivity index (χ3n) is 2.76. The Balaban J connectivity index is 3.02. The van der Waals surface area contributed by atoms with Gasteiger partial charge in [-0.15, -0.1) is 0 Å². The van der Waals surface area contributed by atoms with Gasteiger partial charge in [-0.1, -0.05) is 6.92 Å². The molecule has 1 heterocycles. The molecule has 1 aromatic heterocycles. The average molecular weight is 280 g/mol. The van der Waals surface area contributed by atoms with E-state index in [0.29, 0.717) is 12.4 Å². The van der Waals surface area contributed by atoms with Gasteiger partial charge in [-0.25, -0.2) is 9.78 Å². The molecule has 110 valence electrons. The Bertz CT molecular complexity index is 502. The van der Waals surface area contributed by atoms with Crippen LogP contribution in [0.5, 0.6) is 0 Å². The van der Waals surface area contributed by atoms with Gasteiger partial charge >= 0.3 is 5.97 Å². The number of nitrogens with zero attached hydrogens (tertiary/aromatic N) is 3. The molecule has 1 rings (SSSR count). The van der Waals surface area contributed by atoms with Gasteiger partial charge in [-0.3, -0.25) is 4.79 Å². The highest BCUT2D eigenvalue weighted by atomic mass is 16.4. The van der Waals surface area contributed by atoms with Crippen LogP contribution < -0.4 is 10.6 Å². The van der Waals surface area contributed by atoms with Crippen molar-refractivity contribution in [1.82, 2.24) is 9.88 Å². The van der Waals surface area contributed by atoms with Gasteiger partial charge in [0.05, 0.1) is 17.8 Å². The van der Waals surface area contributed by atoms with Gasteiger partial charge in [0, 0.05) is 26.8 Å². The molecule has 3 N–H and O–H groups in total. The van der Waals surface area contributed by atoms with E-state index in [4.69, 9.17) is 10.8 Å². The van der Waals surface area contributed by atoms with E-state index in [1.807, 2.05) is 6.92 Å². The summed E-state index contributed by atoms with van der Waals surface area (Å²) in [5, 5.41) is 8.89. The van der Waals surface area contributed by atoms with E-state index in [-0.39, 0.29) is 23.7 Å². The minimum absolute atomic E-state index is 0.0293. The number of aromatic carboxylic acids is 1. The highest BCUT2D eigenvalue weighted by Crippen LogP contribution is 2.21. The molecule has 1 amide bonds. The zero-order valence-electron chi connectivity index (χ0n) is 12.0. The summed E-state index contributed by atoms with van der Waals surface area (Å²) in [6.07, 6.45) is 2.07. The number of hydrogen-bond donors (Lipinski definition) is 2. The number of carboxylic acids is 1. The van der Waals surface area contributed by atoms with Crippen LogP contribution in [-0.4, -0.2) is 54.1 Å². The maximum absolute atomic E-state index is 11.8. The second kappa shape index (κ2) is 6.74. The lowest BCUT2D eigenvalue weighted by atomic mass is 10.2. The van der Waals surface area contributed by atoms with Crippen molar-refractivity contribution in [2.24, 2.45) is 0 Å². The lowest BCUT2D eigenvalue weighted by Gasteiger charge is -2.25. The number of aromatic nitrogens is 1. The van der Waals surface area contributed by atoms with Crippen molar-refractivity contribution in [3.8, 4) is 0 Å². The number of carbonyl (C=O) groups is 2. The van der Waals surface area contributed by atoms with Crippen LogP contribution in [0.1, 0.15) is 23.7 Å². The molecule has 0 atom stereocenters. The minimum atomic E-state index is -1.08. The first-order chi connectivity index (χ1) is 9.36. The summed E-state index contributed by atoms with van der Waals surface area (Å²) in [6.45, 7) is 2.75. The smallest absolute Gasteiger partial charge is 0.337 e. The first-order valence-corrected chi connectivity index (χ1v) is 6.30. The number of anilines is 2. The highest BCUT2D eigenvalue weighted by molar-refractivity contribution is 5.90. The van der Waals surface area contributed by atoms with Crippen LogP contribution in [0.2, 0.25) is 0 Å². The Hall–Kier alpha value is -2.31. The maximum Gasteiger partial charge on any atom is 0.337 e. The second-order valence-electron chi connectivity index (χ2n) is 4.65. The van der Waals surface area contributed by atoms with Crippen LogP contribution in [0.25, 0.3) is 0 Å². The molecule has 20 heavy (non-hydrogen) atoms. The SMILES string of the molecule is CCCN(CC(=O)N(C)C)c1ncc(C(=O)O)cc1N. The standard InChI is InChI=1S/C13H20N4O3/c1-4-5-17(8-11(18)16(2)3)12-10(14)6-9(7-15-12)13(19)20/h6-7H,4-5,8,14H2,1-3H3,(H,19,20). The van der Waals surface area contributed by atoms with Crippen molar-refractivity contribution >= 4 is 23.4 Å². The Morgan fingerprint density at radius 3 is 2.50 bits per heavy atom. The van der Waals surface area contributed by atoms with Crippen molar-refractivity contribution in [2.45, 2.75) is 13.3 Å². The number of hydrogen-bond acceptors (Lipinski definition) is 5. The van der Waals surface area contributed by atoms with Crippen LogP contribution in [0, 0.1) is 0 Å². The fraction of sp³-hybridized carbons (Fsp3) is 0.462. The number of amides is 1. The lowest BCUT2D eigenvalue weighted by molar-refractivity contribution is -0.127. The van der Waals surface area contributed by atoms with Crippen LogP contribution in [0.4, 0.5) is 11.5 Å². The van der Waals surface area contributed by atoms with Crippen LogP contribution >= 0.6 is 0 Å². The Morgan fingerprint density at radius 1 is 1.40 bits per heavy atom. The summed E-state index contributed by atoms with van der Waals surface area (Å²) >= 11 is 0. The summed E-state index contributed by atoms with van der Waals surface area (Å²) in [4.78, 5) is 30.0. The second-order valence-corrected chi connectivity index (χ2v) is 4.65. The summed E-state index contributed by atoms with van der Waals surface area (Å²) in [6, 6.07) is 1.35. The number of nitrogens with two attached hydrogens (primary N) is 1. The topological polar surface area (TPSA) is 99.8 Å². The summed E-state index contributed by atoms with van der Waals surface area (Å²) < 4.78 is 0. The van der Waals surface area contributed by atoms with Gasteiger partial charge in [0.2, 0.25) is 5.91 Å². The molecule has 0 aliphatic heterocycles. The molecule has 0 unspecified atom stereocenters. The summed E-state index contributed by atoms with van der Waals surface area (Å²) in [7, 11) is 3.35. The molecular formula is C13H20N4O3. The molecule has 0 saturated heterocycles. The molecule has 0 spiro atoms. The average Bonchev–Trinajstić information content (AvgIpc) is 2.37. The van der Waals surface area contributed by atoms with Crippen LogP contribution in [0.3, 0.4) is 0 Å². The van der Waals surface area contributed by atoms with E-state index in [2.05, 4.69) is 4.98 Å². The molecule has 0 radical (unpaired) electrons. The molecular weight excluding hydrogens is 260 g/mol. The predicted octanol–water partition coefficient (Wildman–Crippen LogP) is 0.667. The van der Waals surface area contributed by atoms with Gasteiger partial charge in [0.25, 0.3) is 0 Å². The van der Waals surface area contributed by atoms with Gasteiger partial charge in [-0.2, -0.15) is 0 Å². The molecule has 7 nitrogen and oxygen atoms in total. The van der Waals surface area contributed by atoms with Crippen LogP contribution in [-0.2, 0) is 4.79 Å². The highest BCUT2D eigenvalue weighted by Gasteiger charge is 2.17. The van der Waals surface area contributed by atoms with E-state index in [1.54, 1.807) is 19.0 Å². The molecule has 1 aromatic rings. The van der Waals surface area contributed by atoms with E-state index in [0.717, 1.165) is 6.42 Å². The molecule has 0 aliphatic carbocycles. The van der Waals surface area contributed by atoms with Crippen LogP contribution in [0.15, 0.2) is 12.3 Å². The van der Waals surface area contributed by atoms with Gasteiger partial charge in [-0.05, 0) is 12.5 Å². The lowest BCUT2D eigenvalue weighted by Crippen LogP contribution is -2.38. The Labute approximate surface area is 118 Å². The van der Waals surface area contributed by atoms with E-state index in [1.165, 1.54) is 17.2 Å². The van der Waals surface area contributed by atoms with Crippen molar-refractivity contribution in [2.75, 3.05) is 37.8 Å². The van der Waals surface area contributed by atoms with E-state index < -0.39 is 5.97 Å². The summed E-state index contributed by atoms with van der Waals surface area (Å²) in [5.41, 5.74) is 6.13. The third kappa shape index (κ3) is 3.84. The largest absolute Gasteiger partial charge is 0.478 e. The number of pyridine rings is 1. The van der Waals surface area contributed by atoms with Crippen molar-refractivity contribution in [3.05, 3.63) is 17.8 Å². The Kier molecular flexibility index (Phi) is 5.31. The van der Waals surface area contributed by atoms with E-state index in [9.17, 15) is 9.59 Å². The minimum Gasteiger partial charge on any atom is -0.478 e. The van der Waals surface area contributed by atoms with Crippen molar-refractivity contribution in [1.29, 1.82) is 0 Å². The number of nitrogen functional groups attached to an aromatic ring is 1. The molecule has 0 saturated carbocycles. The fourth-order valence-corrected chi connectivity index (χ4v) is 1.69. The first-order valence-electron chi connectivity index (χ1n) is 6.30. The normalized spacial score (nSPS) is 10.2. The quantitative estimate of drug-likeness (QED) is 0.794. The zero-order valence-corrected chi connectivity index (χ0v) is 12.0. The maximum atomic E-state index is 11.8. The monoisotopic (exact) mass is 280 g/mol. The first kappa shape index (κ1) is 15.7. The molecule has 0 aromatic carbocycles. The van der Waals surface area contributed by atoms with Gasteiger partial charge < -0.3 is 20.6 Å². The number of rotatable bonds is 6. The number of likely N-dealkylation sites (N-methyl/N-ethyl adjacent to an activating group) is 1. The third-order valence-corrected chi connectivity index (χ3v) is 2.76. The molecule has 0 aliphatic rings. The fourth-order valence-electron chi connectivity index (χ4n) is 1.69. The summed E-state index contributed by atoms with van der Waals surface area (Å²) in [5.74, 6) is -0.712. The number of carbonyl (C=O) groups excluding carboxylic acids is 1. The molecule has 0 fully saturated rings. The predicted molar refractivity (Wildman–Crippen MR) is 76.8 cm³/mol. The number of carboxylic acid groups (broad SMARTS) is 1. The van der Waals surface area contributed by atoms with Crippen molar-refractivity contribution < 1.29 is 14.7 Å². The molecule has 7 heteroatoms. The Morgan fingerprint density at radius 2 is 2.05 bits per heavy atom. The van der Waals surface area contributed by atoms with Gasteiger partial charge in [0.1, 0.15) is 0 Å². The molecule has 0 bridgehead atoms. The van der Waals surface area contributed by atoms with Gasteiger partial charge in [0.15, 0.2) is 5.82 Å². The van der Waals surface area contributed by atoms with E-state index >= 15 is 0 Å².